The van der Waals surface area contributed by atoms with Gasteiger partial charge in [0.15, 0.2) is 5.78 Å². The molecular weight excluding hydrogens is 315 g/mol. The van der Waals surface area contributed by atoms with Crippen LogP contribution in [0.3, 0.4) is 0 Å². The molecular formula is C21H19FN2O. The van der Waals surface area contributed by atoms with E-state index >= 15 is 0 Å². The van der Waals surface area contributed by atoms with Gasteiger partial charge in [0.2, 0.25) is 0 Å². The van der Waals surface area contributed by atoms with Crippen molar-refractivity contribution in [2.24, 2.45) is 0 Å². The quantitative estimate of drug-likeness (QED) is 0.591. The molecule has 0 aliphatic carbocycles. The number of aryl methyl sites for hydroxylation is 1. The molecule has 0 heterocycles. The summed E-state index contributed by atoms with van der Waals surface area (Å²) in [6.45, 7) is 7.19. The first kappa shape index (κ1) is 18.2. The lowest BCUT2D eigenvalue weighted by Gasteiger charge is -2.24. The highest BCUT2D eigenvalue weighted by atomic mass is 19.1. The molecule has 0 aromatic heterocycles. The Morgan fingerprint density at radius 1 is 1.24 bits per heavy atom. The topological polar surface area (TPSA) is 44.1 Å². The zero-order valence-corrected chi connectivity index (χ0v) is 14.5. The summed E-state index contributed by atoms with van der Waals surface area (Å²) in [4.78, 5) is 13.5. The van der Waals surface area contributed by atoms with Gasteiger partial charge in [0.25, 0.3) is 0 Å². The van der Waals surface area contributed by atoms with E-state index in [1.54, 1.807) is 12.1 Å². The fourth-order valence-corrected chi connectivity index (χ4v) is 2.31. The molecule has 0 atom stereocenters. The van der Waals surface area contributed by atoms with Gasteiger partial charge in [-0.3, -0.25) is 4.79 Å². The zero-order chi connectivity index (χ0) is 18.6. The Morgan fingerprint density at radius 2 is 1.88 bits per heavy atom. The first-order valence-corrected chi connectivity index (χ1v) is 7.75. The average molecular weight is 334 g/mol. The molecule has 0 N–H and O–H groups in total. The number of benzene rings is 2. The number of anilines is 1. The van der Waals surface area contributed by atoms with Gasteiger partial charge in [0.1, 0.15) is 11.9 Å². The predicted octanol–water partition coefficient (Wildman–Crippen LogP) is 4.63. The largest absolute Gasteiger partial charge is 0.344 e. The van der Waals surface area contributed by atoms with E-state index in [0.717, 1.165) is 11.3 Å². The summed E-state index contributed by atoms with van der Waals surface area (Å²) in [5.74, 6) is -0.763. The van der Waals surface area contributed by atoms with E-state index in [0.29, 0.717) is 16.8 Å². The van der Waals surface area contributed by atoms with Crippen LogP contribution in [0.1, 0.15) is 23.6 Å². The van der Waals surface area contributed by atoms with Crippen LogP contribution in [-0.2, 0) is 4.79 Å². The van der Waals surface area contributed by atoms with Crippen LogP contribution in [0.25, 0.3) is 5.70 Å². The minimum atomic E-state index is -0.600. The fourth-order valence-electron chi connectivity index (χ4n) is 2.31. The van der Waals surface area contributed by atoms with E-state index in [-0.39, 0.29) is 11.3 Å². The molecule has 0 fully saturated rings. The van der Waals surface area contributed by atoms with Gasteiger partial charge in [-0.05, 0) is 44.2 Å². The minimum absolute atomic E-state index is 0.0218. The van der Waals surface area contributed by atoms with Gasteiger partial charge in [0, 0.05) is 29.6 Å². The molecule has 0 radical (unpaired) electrons. The summed E-state index contributed by atoms with van der Waals surface area (Å²) in [7, 11) is 1.83. The molecule has 0 bridgehead atoms. The normalized spacial score (nSPS) is 10.9. The Hall–Kier alpha value is -3.19. The first-order valence-electron chi connectivity index (χ1n) is 7.75. The maximum Gasteiger partial charge on any atom is 0.159 e. The SMILES string of the molecule is C=C(/C=C(/c1ccc(C#N)c(F)c1)N(C)c1ccc(C)cc1)C(C)=O. The molecule has 4 heteroatoms. The summed E-state index contributed by atoms with van der Waals surface area (Å²) in [6.07, 6.45) is 1.63. The highest BCUT2D eigenvalue weighted by molar-refractivity contribution is 5.98. The molecule has 126 valence electrons. The number of halogens is 1. The van der Waals surface area contributed by atoms with E-state index in [9.17, 15) is 9.18 Å². The molecule has 0 amide bonds. The van der Waals surface area contributed by atoms with Gasteiger partial charge in [-0.1, -0.05) is 30.3 Å². The standard InChI is InChI=1S/C21H19FN2O/c1-14-5-9-19(10-6-14)24(4)21(11-15(2)16(3)25)17-7-8-18(13-23)20(22)12-17/h5-12H,2H2,1,3-4H3/b21-11-. The van der Waals surface area contributed by atoms with Gasteiger partial charge in [0.05, 0.1) is 5.56 Å². The maximum atomic E-state index is 14.1. The predicted molar refractivity (Wildman–Crippen MR) is 98.5 cm³/mol. The van der Waals surface area contributed by atoms with Crippen LogP contribution >= 0.6 is 0 Å². The number of nitrogens with zero attached hydrogens (tertiary/aromatic N) is 2. The Balaban J connectivity index is 2.55. The second-order valence-electron chi connectivity index (χ2n) is 5.81. The molecule has 2 aromatic carbocycles. The summed E-state index contributed by atoms with van der Waals surface area (Å²) in [5.41, 5.74) is 3.48. The summed E-state index contributed by atoms with van der Waals surface area (Å²) >= 11 is 0. The van der Waals surface area contributed by atoms with Crippen LogP contribution in [0.2, 0.25) is 0 Å². The Bertz CT molecular complexity index is 889. The maximum absolute atomic E-state index is 14.1. The van der Waals surface area contributed by atoms with Crippen molar-refractivity contribution in [2.75, 3.05) is 11.9 Å². The average Bonchev–Trinajstić information content (AvgIpc) is 2.59. The molecule has 0 saturated heterocycles. The van der Waals surface area contributed by atoms with E-state index in [2.05, 4.69) is 6.58 Å². The number of ketones is 1. The van der Waals surface area contributed by atoms with Crippen molar-refractivity contribution in [2.45, 2.75) is 13.8 Å². The molecule has 2 rings (SSSR count). The lowest BCUT2D eigenvalue weighted by atomic mass is 10.0. The van der Waals surface area contributed by atoms with Crippen LogP contribution in [0, 0.1) is 24.1 Å². The third kappa shape index (κ3) is 4.21. The molecule has 0 saturated carbocycles. The van der Waals surface area contributed by atoms with Crippen molar-refractivity contribution in [3.8, 4) is 6.07 Å². The van der Waals surface area contributed by atoms with Crippen molar-refractivity contribution in [3.63, 3.8) is 0 Å². The van der Waals surface area contributed by atoms with Crippen LogP contribution in [0.4, 0.5) is 10.1 Å². The third-order valence-corrected chi connectivity index (χ3v) is 3.93. The number of carbonyl (C=O) groups is 1. The smallest absolute Gasteiger partial charge is 0.159 e. The monoisotopic (exact) mass is 334 g/mol. The van der Waals surface area contributed by atoms with Crippen LogP contribution in [0.15, 0.2) is 60.7 Å². The van der Waals surface area contributed by atoms with Crippen molar-refractivity contribution in [1.29, 1.82) is 5.26 Å². The van der Waals surface area contributed by atoms with Gasteiger partial charge in [-0.2, -0.15) is 5.26 Å². The Morgan fingerprint density at radius 3 is 2.40 bits per heavy atom. The number of Topliss-reactive ketones (excluding diaryl/α,β-unsaturated/α-hetero) is 1. The zero-order valence-electron chi connectivity index (χ0n) is 14.5. The molecule has 25 heavy (non-hydrogen) atoms. The number of hydrogen-bond acceptors (Lipinski definition) is 3. The van der Waals surface area contributed by atoms with Crippen LogP contribution in [-0.4, -0.2) is 12.8 Å². The summed E-state index contributed by atoms with van der Waals surface area (Å²) in [5, 5.41) is 8.91. The van der Waals surface area contributed by atoms with Crippen LogP contribution < -0.4 is 4.90 Å². The number of hydrogen-bond donors (Lipinski definition) is 0. The lowest BCUT2D eigenvalue weighted by Crippen LogP contribution is -2.16. The molecule has 3 nitrogen and oxygen atoms in total. The van der Waals surface area contributed by atoms with Gasteiger partial charge in [-0.15, -0.1) is 0 Å². The summed E-state index contributed by atoms with van der Waals surface area (Å²) in [6, 6.07) is 14.0. The van der Waals surface area contributed by atoms with E-state index in [1.165, 1.54) is 19.1 Å². The van der Waals surface area contributed by atoms with Crippen molar-refractivity contribution >= 4 is 17.2 Å². The molecule has 0 aliphatic rings. The Kier molecular flexibility index (Phi) is 5.51. The highest BCUT2D eigenvalue weighted by Crippen LogP contribution is 2.27. The van der Waals surface area contributed by atoms with Crippen molar-refractivity contribution in [1.82, 2.24) is 0 Å². The fraction of sp³-hybridized carbons (Fsp3) is 0.143. The lowest BCUT2D eigenvalue weighted by molar-refractivity contribution is -0.113. The van der Waals surface area contributed by atoms with Gasteiger partial charge >= 0.3 is 0 Å². The third-order valence-electron chi connectivity index (χ3n) is 3.93. The van der Waals surface area contributed by atoms with Gasteiger partial charge < -0.3 is 4.90 Å². The Labute approximate surface area is 147 Å². The molecule has 0 unspecified atom stereocenters. The number of rotatable bonds is 5. The van der Waals surface area contributed by atoms with E-state index < -0.39 is 5.82 Å². The van der Waals surface area contributed by atoms with E-state index in [4.69, 9.17) is 5.26 Å². The van der Waals surface area contributed by atoms with Crippen molar-refractivity contribution in [3.05, 3.63) is 83.2 Å². The molecule has 0 aliphatic heterocycles. The molecule has 2 aromatic rings. The summed E-state index contributed by atoms with van der Waals surface area (Å²) < 4.78 is 14.1. The minimum Gasteiger partial charge on any atom is -0.344 e. The second-order valence-corrected chi connectivity index (χ2v) is 5.81. The highest BCUT2D eigenvalue weighted by Gasteiger charge is 2.14. The van der Waals surface area contributed by atoms with Crippen LogP contribution in [0.5, 0.6) is 0 Å². The molecule has 0 spiro atoms. The first-order chi connectivity index (χ1) is 11.8. The van der Waals surface area contributed by atoms with Gasteiger partial charge in [-0.25, -0.2) is 4.39 Å². The number of allylic oxidation sites excluding steroid dienone is 2. The second kappa shape index (κ2) is 7.59. The number of nitriles is 1. The van der Waals surface area contributed by atoms with E-state index in [1.807, 2.05) is 49.2 Å². The van der Waals surface area contributed by atoms with Crippen molar-refractivity contribution < 1.29 is 9.18 Å². The number of carbonyl (C=O) groups excluding carboxylic acids is 1.